The molecule has 0 atom stereocenters. The number of nitrogens with one attached hydrogen (secondary N) is 1. The van der Waals surface area contributed by atoms with Crippen molar-refractivity contribution in [1.29, 1.82) is 0 Å². The van der Waals surface area contributed by atoms with Crippen LogP contribution in [0.3, 0.4) is 0 Å². The highest BCUT2D eigenvalue weighted by molar-refractivity contribution is 5.68. The monoisotopic (exact) mass is 295 g/mol. The first-order valence-corrected chi connectivity index (χ1v) is 6.68. The number of hydrogen-bond acceptors (Lipinski definition) is 3. The van der Waals surface area contributed by atoms with E-state index in [9.17, 15) is 13.2 Å². The first-order valence-electron chi connectivity index (χ1n) is 6.68. The standard InChI is InChI=1S/C15H16F3N3/c1-4-5-19-15-8(2)14(20-9(3)21-15)10-6-11(16)13(18)12(17)7-10/h6-7H,4-5H2,1-3H3,(H,19,20,21). The van der Waals surface area contributed by atoms with Crippen LogP contribution in [-0.4, -0.2) is 16.5 Å². The van der Waals surface area contributed by atoms with Crippen molar-refractivity contribution >= 4 is 5.82 Å². The molecule has 0 spiro atoms. The summed E-state index contributed by atoms with van der Waals surface area (Å²) in [6.07, 6.45) is 0.914. The highest BCUT2D eigenvalue weighted by Gasteiger charge is 2.16. The number of rotatable bonds is 4. The molecule has 0 aliphatic carbocycles. The quantitative estimate of drug-likeness (QED) is 0.866. The Balaban J connectivity index is 2.56. The van der Waals surface area contributed by atoms with Crippen molar-refractivity contribution in [2.45, 2.75) is 27.2 Å². The Kier molecular flexibility index (Phi) is 4.45. The summed E-state index contributed by atoms with van der Waals surface area (Å²) >= 11 is 0. The van der Waals surface area contributed by atoms with E-state index in [1.165, 1.54) is 0 Å². The van der Waals surface area contributed by atoms with Crippen LogP contribution in [0.25, 0.3) is 11.3 Å². The molecular weight excluding hydrogens is 279 g/mol. The first kappa shape index (κ1) is 15.3. The lowest BCUT2D eigenvalue weighted by Gasteiger charge is -2.13. The second-order valence-corrected chi connectivity index (χ2v) is 4.77. The van der Waals surface area contributed by atoms with Gasteiger partial charge in [-0.05, 0) is 32.4 Å². The molecule has 1 N–H and O–H groups in total. The van der Waals surface area contributed by atoms with Gasteiger partial charge in [0.1, 0.15) is 11.6 Å². The predicted octanol–water partition coefficient (Wildman–Crippen LogP) is 4.00. The zero-order chi connectivity index (χ0) is 15.6. The molecule has 0 fully saturated rings. The molecule has 0 unspecified atom stereocenters. The van der Waals surface area contributed by atoms with Gasteiger partial charge < -0.3 is 5.32 Å². The van der Waals surface area contributed by atoms with Gasteiger partial charge >= 0.3 is 0 Å². The molecule has 0 aliphatic rings. The Labute approximate surface area is 121 Å². The number of nitrogens with zero attached hydrogens (tertiary/aromatic N) is 2. The van der Waals surface area contributed by atoms with Gasteiger partial charge in [0.05, 0.1) is 5.69 Å². The van der Waals surface area contributed by atoms with Crippen LogP contribution in [0.2, 0.25) is 0 Å². The van der Waals surface area contributed by atoms with Crippen LogP contribution in [0.1, 0.15) is 24.7 Å². The lowest BCUT2D eigenvalue weighted by molar-refractivity contribution is 0.447. The summed E-state index contributed by atoms with van der Waals surface area (Å²) in [6.45, 7) is 6.19. The molecule has 6 heteroatoms. The molecule has 0 saturated carbocycles. The number of aromatic nitrogens is 2. The number of anilines is 1. The zero-order valence-corrected chi connectivity index (χ0v) is 12.1. The summed E-state index contributed by atoms with van der Waals surface area (Å²) in [5, 5.41) is 3.14. The maximum Gasteiger partial charge on any atom is 0.194 e. The third kappa shape index (κ3) is 3.15. The van der Waals surface area contributed by atoms with E-state index in [-0.39, 0.29) is 5.56 Å². The molecule has 1 aromatic heterocycles. The maximum absolute atomic E-state index is 13.4. The van der Waals surface area contributed by atoms with Crippen LogP contribution >= 0.6 is 0 Å². The van der Waals surface area contributed by atoms with Crippen molar-refractivity contribution in [3.05, 3.63) is 41.0 Å². The molecular formula is C15H16F3N3. The minimum absolute atomic E-state index is 0.189. The lowest BCUT2D eigenvalue weighted by atomic mass is 10.1. The minimum atomic E-state index is -1.48. The number of halogens is 3. The summed E-state index contributed by atoms with van der Waals surface area (Å²) in [6, 6.07) is 1.88. The average Bonchev–Trinajstić information content (AvgIpc) is 2.44. The fourth-order valence-corrected chi connectivity index (χ4v) is 2.02. The van der Waals surface area contributed by atoms with Crippen LogP contribution in [0.5, 0.6) is 0 Å². The van der Waals surface area contributed by atoms with E-state index in [2.05, 4.69) is 15.3 Å². The van der Waals surface area contributed by atoms with Crippen molar-refractivity contribution in [2.75, 3.05) is 11.9 Å². The maximum atomic E-state index is 13.4. The van der Waals surface area contributed by atoms with Crippen molar-refractivity contribution in [3.63, 3.8) is 0 Å². The van der Waals surface area contributed by atoms with Crippen LogP contribution < -0.4 is 5.32 Å². The molecule has 0 bridgehead atoms. The summed E-state index contributed by atoms with van der Waals surface area (Å²) in [7, 11) is 0. The Hall–Kier alpha value is -2.11. The van der Waals surface area contributed by atoms with Crippen molar-refractivity contribution in [1.82, 2.24) is 9.97 Å². The minimum Gasteiger partial charge on any atom is -0.370 e. The van der Waals surface area contributed by atoms with Gasteiger partial charge in [0.2, 0.25) is 0 Å². The molecule has 0 amide bonds. The van der Waals surface area contributed by atoms with Gasteiger partial charge in [-0.25, -0.2) is 23.1 Å². The normalized spacial score (nSPS) is 10.8. The average molecular weight is 295 g/mol. The van der Waals surface area contributed by atoms with Gasteiger partial charge in [-0.2, -0.15) is 0 Å². The molecule has 21 heavy (non-hydrogen) atoms. The van der Waals surface area contributed by atoms with Crippen molar-refractivity contribution in [3.8, 4) is 11.3 Å². The second kappa shape index (κ2) is 6.11. The van der Waals surface area contributed by atoms with Crippen LogP contribution in [0, 0.1) is 31.3 Å². The largest absolute Gasteiger partial charge is 0.370 e. The highest BCUT2D eigenvalue weighted by atomic mass is 19.2. The Bertz CT molecular complexity index is 648. The second-order valence-electron chi connectivity index (χ2n) is 4.77. The zero-order valence-electron chi connectivity index (χ0n) is 12.1. The molecule has 0 saturated heterocycles. The van der Waals surface area contributed by atoms with Crippen molar-refractivity contribution in [2.24, 2.45) is 0 Å². The molecule has 2 aromatic rings. The SMILES string of the molecule is CCCNc1nc(C)nc(-c2cc(F)c(F)c(F)c2)c1C. The Morgan fingerprint density at radius 3 is 2.24 bits per heavy atom. The summed E-state index contributed by atoms with van der Waals surface area (Å²) in [5.41, 5.74) is 1.24. The lowest BCUT2D eigenvalue weighted by Crippen LogP contribution is -2.08. The molecule has 112 valence electrons. The molecule has 2 rings (SSSR count). The highest BCUT2D eigenvalue weighted by Crippen LogP contribution is 2.28. The van der Waals surface area contributed by atoms with Gasteiger partial charge in [0.15, 0.2) is 17.5 Å². The van der Waals surface area contributed by atoms with E-state index < -0.39 is 17.5 Å². The van der Waals surface area contributed by atoms with E-state index >= 15 is 0 Å². The Morgan fingerprint density at radius 1 is 1.05 bits per heavy atom. The van der Waals surface area contributed by atoms with Gasteiger partial charge in [0.25, 0.3) is 0 Å². The van der Waals surface area contributed by atoms with E-state index in [4.69, 9.17) is 0 Å². The number of aryl methyl sites for hydroxylation is 1. The molecule has 0 radical (unpaired) electrons. The van der Waals surface area contributed by atoms with Crippen molar-refractivity contribution < 1.29 is 13.2 Å². The molecule has 3 nitrogen and oxygen atoms in total. The summed E-state index contributed by atoms with van der Waals surface area (Å²) in [4.78, 5) is 8.49. The van der Waals surface area contributed by atoms with E-state index in [0.717, 1.165) is 25.1 Å². The van der Waals surface area contributed by atoms with E-state index in [0.29, 0.717) is 22.9 Å². The molecule has 1 heterocycles. The fourth-order valence-electron chi connectivity index (χ4n) is 2.02. The first-order chi connectivity index (χ1) is 9.93. The Morgan fingerprint density at radius 2 is 1.67 bits per heavy atom. The van der Waals surface area contributed by atoms with Gasteiger partial charge in [-0.3, -0.25) is 0 Å². The van der Waals surface area contributed by atoms with Gasteiger partial charge in [0, 0.05) is 17.7 Å². The smallest absolute Gasteiger partial charge is 0.194 e. The topological polar surface area (TPSA) is 37.8 Å². The third-order valence-electron chi connectivity index (χ3n) is 3.06. The number of hydrogen-bond donors (Lipinski definition) is 1. The van der Waals surface area contributed by atoms with Crippen LogP contribution in [-0.2, 0) is 0 Å². The van der Waals surface area contributed by atoms with Crippen LogP contribution in [0.4, 0.5) is 19.0 Å². The predicted molar refractivity (Wildman–Crippen MR) is 75.6 cm³/mol. The molecule has 1 aromatic carbocycles. The molecule has 0 aliphatic heterocycles. The van der Waals surface area contributed by atoms with Gasteiger partial charge in [-0.15, -0.1) is 0 Å². The van der Waals surface area contributed by atoms with Gasteiger partial charge in [-0.1, -0.05) is 6.92 Å². The summed E-state index contributed by atoms with van der Waals surface area (Å²) in [5.74, 6) is -2.86. The summed E-state index contributed by atoms with van der Waals surface area (Å²) < 4.78 is 39.8. The number of benzene rings is 1. The van der Waals surface area contributed by atoms with E-state index in [1.54, 1.807) is 13.8 Å². The van der Waals surface area contributed by atoms with Crippen LogP contribution in [0.15, 0.2) is 12.1 Å². The third-order valence-corrected chi connectivity index (χ3v) is 3.06. The van der Waals surface area contributed by atoms with E-state index in [1.807, 2.05) is 6.92 Å². The fraction of sp³-hybridized carbons (Fsp3) is 0.333.